The third-order valence-electron chi connectivity index (χ3n) is 5.91. The molecule has 2 amide bonds. The van der Waals surface area contributed by atoms with Gasteiger partial charge >= 0.3 is 0 Å². The fourth-order valence-electron chi connectivity index (χ4n) is 4.49. The predicted octanol–water partition coefficient (Wildman–Crippen LogP) is 2.72. The summed E-state index contributed by atoms with van der Waals surface area (Å²) in [4.78, 5) is 35.1. The minimum absolute atomic E-state index is 0.0293. The number of carbonyl (C=O) groups excluding carboxylic acids is 2. The van der Waals surface area contributed by atoms with E-state index in [2.05, 4.69) is 17.6 Å². The van der Waals surface area contributed by atoms with Crippen LogP contribution in [0.2, 0.25) is 0 Å². The van der Waals surface area contributed by atoms with Crippen LogP contribution in [0.4, 0.5) is 5.69 Å². The normalized spacial score (nSPS) is 28.0. The van der Waals surface area contributed by atoms with E-state index in [9.17, 15) is 19.7 Å². The highest BCUT2D eigenvalue weighted by molar-refractivity contribution is 5.96. The smallest absolute Gasteiger partial charge is 0.273 e. The van der Waals surface area contributed by atoms with Crippen molar-refractivity contribution in [3.05, 3.63) is 39.4 Å². The molecule has 2 N–H and O–H groups in total. The molecule has 2 fully saturated rings. The van der Waals surface area contributed by atoms with Gasteiger partial charge in [-0.15, -0.1) is 0 Å². The number of rotatable bonds is 4. The molecule has 0 spiro atoms. The number of fused-ring (bicyclic) bond motifs is 1. The maximum absolute atomic E-state index is 12.6. The van der Waals surface area contributed by atoms with Crippen LogP contribution in [0.25, 0.3) is 0 Å². The highest BCUT2D eigenvalue weighted by atomic mass is 16.6. The Hall–Kier alpha value is -2.44. The average molecular weight is 359 g/mol. The maximum atomic E-state index is 12.6. The Morgan fingerprint density at radius 3 is 2.85 bits per heavy atom. The van der Waals surface area contributed by atoms with Crippen molar-refractivity contribution in [1.29, 1.82) is 0 Å². The van der Waals surface area contributed by atoms with E-state index in [4.69, 9.17) is 0 Å². The molecule has 0 radical (unpaired) electrons. The van der Waals surface area contributed by atoms with Crippen molar-refractivity contribution in [2.75, 3.05) is 0 Å². The van der Waals surface area contributed by atoms with Gasteiger partial charge in [0.25, 0.3) is 11.6 Å². The van der Waals surface area contributed by atoms with Crippen LogP contribution in [0.1, 0.15) is 54.9 Å². The number of carbonyl (C=O) groups is 2. The van der Waals surface area contributed by atoms with Gasteiger partial charge in [-0.3, -0.25) is 19.7 Å². The SMILES string of the molecule is CCC1CC(=O)NC2CC(NC(=O)c3cccc([N+](=O)[O-])c3C)CCC12. The summed E-state index contributed by atoms with van der Waals surface area (Å²) in [7, 11) is 0. The first-order valence-electron chi connectivity index (χ1n) is 9.25. The first kappa shape index (κ1) is 18.4. The molecule has 0 bridgehead atoms. The molecular formula is C19H25N3O4. The molecule has 2 aliphatic rings. The summed E-state index contributed by atoms with van der Waals surface area (Å²) >= 11 is 0. The molecule has 7 nitrogen and oxygen atoms in total. The van der Waals surface area contributed by atoms with Crippen LogP contribution in [0.5, 0.6) is 0 Å². The van der Waals surface area contributed by atoms with E-state index < -0.39 is 4.92 Å². The summed E-state index contributed by atoms with van der Waals surface area (Å²) in [5, 5.41) is 17.2. The molecule has 1 saturated carbocycles. The van der Waals surface area contributed by atoms with Gasteiger partial charge in [0.2, 0.25) is 5.91 Å². The summed E-state index contributed by atoms with van der Waals surface area (Å²) in [5.74, 6) is 0.707. The van der Waals surface area contributed by atoms with E-state index in [1.54, 1.807) is 13.0 Å². The third-order valence-corrected chi connectivity index (χ3v) is 5.91. The van der Waals surface area contributed by atoms with Gasteiger partial charge in [0.1, 0.15) is 0 Å². The minimum atomic E-state index is -0.472. The summed E-state index contributed by atoms with van der Waals surface area (Å²) < 4.78 is 0. The number of piperidine rings is 1. The van der Waals surface area contributed by atoms with Gasteiger partial charge in [-0.25, -0.2) is 0 Å². The number of amides is 2. The summed E-state index contributed by atoms with van der Waals surface area (Å²) in [6, 6.07) is 4.62. The molecule has 4 atom stereocenters. The average Bonchev–Trinajstić information content (AvgIpc) is 2.60. The molecule has 1 saturated heterocycles. The Labute approximate surface area is 152 Å². The van der Waals surface area contributed by atoms with Crippen LogP contribution < -0.4 is 10.6 Å². The van der Waals surface area contributed by atoms with Crippen LogP contribution in [-0.4, -0.2) is 28.8 Å². The molecule has 1 heterocycles. The Morgan fingerprint density at radius 2 is 2.15 bits per heavy atom. The quantitative estimate of drug-likeness (QED) is 0.637. The van der Waals surface area contributed by atoms with E-state index in [0.717, 1.165) is 19.3 Å². The minimum Gasteiger partial charge on any atom is -0.353 e. The number of benzene rings is 1. The Bertz CT molecular complexity index is 733. The van der Waals surface area contributed by atoms with Crippen molar-refractivity contribution in [3.63, 3.8) is 0 Å². The molecule has 140 valence electrons. The number of nitro groups is 1. The lowest BCUT2D eigenvalue weighted by molar-refractivity contribution is -0.385. The van der Waals surface area contributed by atoms with E-state index in [1.165, 1.54) is 12.1 Å². The van der Waals surface area contributed by atoms with Crippen LogP contribution in [-0.2, 0) is 4.79 Å². The number of nitrogens with zero attached hydrogens (tertiary/aromatic N) is 1. The van der Waals surface area contributed by atoms with Crippen molar-refractivity contribution in [1.82, 2.24) is 10.6 Å². The molecule has 1 aromatic carbocycles. The van der Waals surface area contributed by atoms with Crippen LogP contribution in [0.3, 0.4) is 0 Å². The monoisotopic (exact) mass is 359 g/mol. The second kappa shape index (κ2) is 7.43. The predicted molar refractivity (Wildman–Crippen MR) is 96.8 cm³/mol. The van der Waals surface area contributed by atoms with E-state index >= 15 is 0 Å². The first-order chi connectivity index (χ1) is 12.4. The van der Waals surface area contributed by atoms with Gasteiger partial charge in [0.05, 0.1) is 4.92 Å². The lowest BCUT2D eigenvalue weighted by atomic mass is 9.70. The van der Waals surface area contributed by atoms with Gasteiger partial charge in [-0.2, -0.15) is 0 Å². The summed E-state index contributed by atoms with van der Waals surface area (Å²) in [6.45, 7) is 3.72. The van der Waals surface area contributed by atoms with Crippen LogP contribution >= 0.6 is 0 Å². The zero-order chi connectivity index (χ0) is 18.8. The highest BCUT2D eigenvalue weighted by Crippen LogP contribution is 2.37. The number of nitrogens with one attached hydrogen (secondary N) is 2. The molecule has 1 aromatic rings. The number of hydrogen-bond acceptors (Lipinski definition) is 4. The van der Waals surface area contributed by atoms with Crippen molar-refractivity contribution in [2.24, 2.45) is 11.8 Å². The fraction of sp³-hybridized carbons (Fsp3) is 0.579. The summed E-state index contributed by atoms with van der Waals surface area (Å²) in [6.07, 6.45) is 4.16. The Balaban J connectivity index is 1.69. The molecule has 1 aliphatic heterocycles. The van der Waals surface area contributed by atoms with Gasteiger partial charge in [-0.05, 0) is 44.1 Å². The van der Waals surface area contributed by atoms with Gasteiger partial charge in [0.15, 0.2) is 0 Å². The molecular weight excluding hydrogens is 334 g/mol. The first-order valence-corrected chi connectivity index (χ1v) is 9.25. The largest absolute Gasteiger partial charge is 0.353 e. The molecule has 7 heteroatoms. The van der Waals surface area contributed by atoms with Gasteiger partial charge in [-0.1, -0.05) is 19.4 Å². The van der Waals surface area contributed by atoms with Gasteiger partial charge < -0.3 is 10.6 Å². The Morgan fingerprint density at radius 1 is 1.38 bits per heavy atom. The lowest BCUT2D eigenvalue weighted by Crippen LogP contribution is -2.55. The van der Waals surface area contributed by atoms with Crippen molar-refractivity contribution < 1.29 is 14.5 Å². The Kier molecular flexibility index (Phi) is 5.25. The topological polar surface area (TPSA) is 101 Å². The second-order valence-corrected chi connectivity index (χ2v) is 7.40. The van der Waals surface area contributed by atoms with Crippen LogP contribution in [0.15, 0.2) is 18.2 Å². The maximum Gasteiger partial charge on any atom is 0.273 e. The number of nitro benzene ring substituents is 1. The standard InChI is InChI=1S/C19H25N3O4/c1-3-12-9-18(23)21-16-10-13(7-8-15(12)16)20-19(24)14-5-4-6-17(11(14)2)22(25)26/h4-6,12-13,15-16H,3,7-10H2,1-2H3,(H,20,24)(H,21,23). The number of hydrogen-bond donors (Lipinski definition) is 2. The van der Waals surface area contributed by atoms with Crippen molar-refractivity contribution in [2.45, 2.75) is 58.0 Å². The fourth-order valence-corrected chi connectivity index (χ4v) is 4.49. The zero-order valence-electron chi connectivity index (χ0n) is 15.2. The van der Waals surface area contributed by atoms with E-state index in [1.807, 2.05) is 0 Å². The van der Waals surface area contributed by atoms with E-state index in [-0.39, 0.29) is 29.6 Å². The highest BCUT2D eigenvalue weighted by Gasteiger charge is 2.40. The third kappa shape index (κ3) is 3.57. The second-order valence-electron chi connectivity index (χ2n) is 7.40. The van der Waals surface area contributed by atoms with Crippen molar-refractivity contribution in [3.8, 4) is 0 Å². The molecule has 1 aliphatic carbocycles. The molecule has 26 heavy (non-hydrogen) atoms. The van der Waals surface area contributed by atoms with E-state index in [0.29, 0.717) is 35.8 Å². The lowest BCUT2D eigenvalue weighted by Gasteiger charge is -2.44. The molecule has 0 aromatic heterocycles. The zero-order valence-corrected chi connectivity index (χ0v) is 15.2. The van der Waals surface area contributed by atoms with Gasteiger partial charge in [0, 0.05) is 35.7 Å². The molecule has 4 unspecified atom stereocenters. The summed E-state index contributed by atoms with van der Waals surface area (Å²) in [5.41, 5.74) is 0.660. The van der Waals surface area contributed by atoms with Crippen LogP contribution in [0, 0.1) is 28.9 Å². The van der Waals surface area contributed by atoms with Crippen molar-refractivity contribution >= 4 is 17.5 Å². The molecule has 3 rings (SSSR count).